The summed E-state index contributed by atoms with van der Waals surface area (Å²) >= 11 is 0. The zero-order valence-electron chi connectivity index (χ0n) is 14.4. The minimum atomic E-state index is -0.691. The summed E-state index contributed by atoms with van der Waals surface area (Å²) in [4.78, 5) is 14.0. The van der Waals surface area contributed by atoms with Gasteiger partial charge in [0.05, 0.1) is 5.92 Å². The Hall–Kier alpha value is -2.13. The lowest BCUT2D eigenvalue weighted by Crippen LogP contribution is -2.23. The van der Waals surface area contributed by atoms with E-state index < -0.39 is 5.97 Å². The molecule has 1 saturated heterocycles. The van der Waals surface area contributed by atoms with Crippen LogP contribution in [-0.4, -0.2) is 29.1 Å². The van der Waals surface area contributed by atoms with Crippen LogP contribution < -0.4 is 0 Å². The van der Waals surface area contributed by atoms with Gasteiger partial charge < -0.3 is 5.11 Å². The molecule has 0 aliphatic carbocycles. The van der Waals surface area contributed by atoms with Crippen LogP contribution in [0.3, 0.4) is 0 Å². The lowest BCUT2D eigenvalue weighted by molar-refractivity contribution is -0.141. The summed E-state index contributed by atoms with van der Waals surface area (Å²) in [6.07, 6.45) is 0. The van der Waals surface area contributed by atoms with Crippen LogP contribution >= 0.6 is 0 Å². The first-order valence-corrected chi connectivity index (χ1v) is 8.63. The zero-order valence-corrected chi connectivity index (χ0v) is 14.4. The van der Waals surface area contributed by atoms with Crippen LogP contribution in [0.2, 0.25) is 0 Å². The van der Waals surface area contributed by atoms with Gasteiger partial charge in [0, 0.05) is 25.6 Å². The van der Waals surface area contributed by atoms with Crippen molar-refractivity contribution in [1.29, 1.82) is 0 Å². The zero-order chi connectivity index (χ0) is 17.1. The quantitative estimate of drug-likeness (QED) is 0.900. The number of carboxylic acid groups (broad SMARTS) is 1. The number of benzene rings is 2. The van der Waals surface area contributed by atoms with E-state index in [1.165, 1.54) is 11.1 Å². The highest BCUT2D eigenvalue weighted by molar-refractivity contribution is 5.72. The van der Waals surface area contributed by atoms with Gasteiger partial charge in [0.25, 0.3) is 0 Å². The number of rotatable bonds is 5. The van der Waals surface area contributed by atoms with Gasteiger partial charge in [-0.05, 0) is 22.6 Å². The summed E-state index contributed by atoms with van der Waals surface area (Å²) in [5, 5.41) is 9.65. The van der Waals surface area contributed by atoms with Crippen molar-refractivity contribution >= 4 is 5.97 Å². The third kappa shape index (κ3) is 3.68. The lowest BCUT2D eigenvalue weighted by Gasteiger charge is -2.17. The maximum atomic E-state index is 11.7. The Morgan fingerprint density at radius 1 is 1.08 bits per heavy atom. The molecule has 1 aliphatic heterocycles. The van der Waals surface area contributed by atoms with Crippen molar-refractivity contribution in [3.8, 4) is 0 Å². The Morgan fingerprint density at radius 3 is 2.33 bits per heavy atom. The monoisotopic (exact) mass is 323 g/mol. The second-order valence-corrected chi connectivity index (χ2v) is 7.05. The van der Waals surface area contributed by atoms with E-state index in [9.17, 15) is 9.90 Å². The molecule has 3 rings (SSSR count). The van der Waals surface area contributed by atoms with Crippen LogP contribution in [0.15, 0.2) is 54.6 Å². The molecule has 2 aromatic rings. The molecule has 3 nitrogen and oxygen atoms in total. The number of carbonyl (C=O) groups is 1. The maximum absolute atomic E-state index is 11.7. The molecule has 126 valence electrons. The highest BCUT2D eigenvalue weighted by Gasteiger charge is 2.38. The summed E-state index contributed by atoms with van der Waals surface area (Å²) in [7, 11) is 0. The van der Waals surface area contributed by atoms with Crippen LogP contribution in [0.25, 0.3) is 0 Å². The van der Waals surface area contributed by atoms with Crippen LogP contribution in [0.4, 0.5) is 0 Å². The SMILES string of the molecule is CC(C)c1ccc(C2CN(Cc3ccccc3)CC2C(=O)O)cc1. The summed E-state index contributed by atoms with van der Waals surface area (Å²) in [5.74, 6) is -0.470. The van der Waals surface area contributed by atoms with Gasteiger partial charge in [0.15, 0.2) is 0 Å². The molecule has 2 aromatic carbocycles. The Morgan fingerprint density at radius 2 is 1.75 bits per heavy atom. The second kappa shape index (κ2) is 7.18. The normalized spacial score (nSPS) is 21.3. The van der Waals surface area contributed by atoms with E-state index in [2.05, 4.69) is 55.1 Å². The predicted octanol–water partition coefficient (Wildman–Crippen LogP) is 4.11. The molecule has 0 saturated carbocycles. The molecule has 3 heteroatoms. The smallest absolute Gasteiger partial charge is 0.308 e. The molecule has 2 atom stereocenters. The number of hydrogen-bond donors (Lipinski definition) is 1. The fraction of sp³-hybridized carbons (Fsp3) is 0.381. The van der Waals surface area contributed by atoms with Crippen molar-refractivity contribution in [2.24, 2.45) is 5.92 Å². The molecule has 0 aromatic heterocycles. The topological polar surface area (TPSA) is 40.5 Å². The first kappa shape index (κ1) is 16.7. The van der Waals surface area contributed by atoms with Crippen molar-refractivity contribution in [3.05, 3.63) is 71.3 Å². The maximum Gasteiger partial charge on any atom is 0.308 e. The molecule has 1 N–H and O–H groups in total. The standard InChI is InChI=1S/C21H25NO2/c1-15(2)17-8-10-18(11-9-17)19-13-22(14-20(19)21(23)24)12-16-6-4-3-5-7-16/h3-11,15,19-20H,12-14H2,1-2H3,(H,23,24). The predicted molar refractivity (Wildman–Crippen MR) is 96.1 cm³/mol. The number of nitrogens with zero attached hydrogens (tertiary/aromatic N) is 1. The third-order valence-corrected chi connectivity index (χ3v) is 4.99. The largest absolute Gasteiger partial charge is 0.481 e. The van der Waals surface area contributed by atoms with Crippen LogP contribution in [0.5, 0.6) is 0 Å². The third-order valence-electron chi connectivity index (χ3n) is 4.99. The molecule has 1 aliphatic rings. The van der Waals surface area contributed by atoms with Crippen molar-refractivity contribution < 1.29 is 9.90 Å². The van der Waals surface area contributed by atoms with Gasteiger partial charge in [0.1, 0.15) is 0 Å². The summed E-state index contributed by atoms with van der Waals surface area (Å²) in [5.41, 5.74) is 3.67. The molecule has 0 bridgehead atoms. The van der Waals surface area contributed by atoms with Gasteiger partial charge in [-0.15, -0.1) is 0 Å². The van der Waals surface area contributed by atoms with E-state index in [1.807, 2.05) is 18.2 Å². The summed E-state index contributed by atoms with van der Waals surface area (Å²) in [6, 6.07) is 18.8. The Labute approximate surface area is 143 Å². The number of aliphatic carboxylic acids is 1. The molecular weight excluding hydrogens is 298 g/mol. The van der Waals surface area contributed by atoms with Gasteiger partial charge >= 0.3 is 5.97 Å². The van der Waals surface area contributed by atoms with E-state index in [0.717, 1.165) is 18.7 Å². The van der Waals surface area contributed by atoms with Gasteiger partial charge in [-0.1, -0.05) is 68.4 Å². The van der Waals surface area contributed by atoms with E-state index in [4.69, 9.17) is 0 Å². The van der Waals surface area contributed by atoms with E-state index in [1.54, 1.807) is 0 Å². The number of likely N-dealkylation sites (tertiary alicyclic amines) is 1. The number of carboxylic acids is 1. The average Bonchev–Trinajstić information content (AvgIpc) is 3.00. The van der Waals surface area contributed by atoms with Gasteiger partial charge in [-0.2, -0.15) is 0 Å². The Kier molecular flexibility index (Phi) is 5.00. The molecule has 0 spiro atoms. The van der Waals surface area contributed by atoms with Gasteiger partial charge in [0.2, 0.25) is 0 Å². The van der Waals surface area contributed by atoms with Crippen molar-refractivity contribution in [2.75, 3.05) is 13.1 Å². The molecule has 0 amide bonds. The first-order valence-electron chi connectivity index (χ1n) is 8.63. The minimum Gasteiger partial charge on any atom is -0.481 e. The highest BCUT2D eigenvalue weighted by atomic mass is 16.4. The van der Waals surface area contributed by atoms with Crippen molar-refractivity contribution in [2.45, 2.75) is 32.2 Å². The fourth-order valence-electron chi connectivity index (χ4n) is 3.57. The lowest BCUT2D eigenvalue weighted by atomic mass is 9.88. The highest BCUT2D eigenvalue weighted by Crippen LogP contribution is 2.34. The molecule has 1 heterocycles. The van der Waals surface area contributed by atoms with Crippen LogP contribution in [-0.2, 0) is 11.3 Å². The Bertz CT molecular complexity index is 679. The summed E-state index contributed by atoms with van der Waals surface area (Å²) < 4.78 is 0. The van der Waals surface area contributed by atoms with Crippen molar-refractivity contribution in [3.63, 3.8) is 0 Å². The molecular formula is C21H25NO2. The molecule has 2 unspecified atom stereocenters. The summed E-state index contributed by atoms with van der Waals surface area (Å²) in [6.45, 7) is 6.57. The van der Waals surface area contributed by atoms with E-state index in [0.29, 0.717) is 12.5 Å². The fourth-order valence-corrected chi connectivity index (χ4v) is 3.57. The molecule has 1 fully saturated rings. The van der Waals surface area contributed by atoms with Crippen molar-refractivity contribution in [1.82, 2.24) is 4.90 Å². The van der Waals surface area contributed by atoms with Gasteiger partial charge in [-0.3, -0.25) is 9.69 Å². The van der Waals surface area contributed by atoms with Crippen LogP contribution in [0, 0.1) is 5.92 Å². The molecule has 0 radical (unpaired) electrons. The van der Waals surface area contributed by atoms with E-state index >= 15 is 0 Å². The minimum absolute atomic E-state index is 0.0624. The first-order chi connectivity index (χ1) is 11.5. The van der Waals surface area contributed by atoms with E-state index in [-0.39, 0.29) is 11.8 Å². The average molecular weight is 323 g/mol. The van der Waals surface area contributed by atoms with Crippen LogP contribution in [0.1, 0.15) is 42.4 Å². The number of hydrogen-bond acceptors (Lipinski definition) is 2. The second-order valence-electron chi connectivity index (χ2n) is 7.05. The molecule has 24 heavy (non-hydrogen) atoms. The van der Waals surface area contributed by atoms with Gasteiger partial charge in [-0.25, -0.2) is 0 Å². The Balaban J connectivity index is 1.77.